The summed E-state index contributed by atoms with van der Waals surface area (Å²) in [6.45, 7) is 6.27. The van der Waals surface area contributed by atoms with E-state index in [1.165, 1.54) is 13.5 Å². The number of likely N-dealkylation sites (tertiary alicyclic amines) is 1. The topological polar surface area (TPSA) is 80.8 Å². The normalized spacial score (nSPS) is 19.7. The molecule has 2 aromatic rings. The molecule has 1 aromatic heterocycles. The van der Waals surface area contributed by atoms with Gasteiger partial charge in [0.05, 0.1) is 24.2 Å². The second-order valence-corrected chi connectivity index (χ2v) is 9.08. The van der Waals surface area contributed by atoms with E-state index in [-0.39, 0.29) is 0 Å². The summed E-state index contributed by atoms with van der Waals surface area (Å²) in [4.78, 5) is 33.3. The van der Waals surface area contributed by atoms with Crippen molar-refractivity contribution < 1.29 is 19.1 Å². The van der Waals surface area contributed by atoms with E-state index in [0.717, 1.165) is 37.1 Å². The van der Waals surface area contributed by atoms with Crippen molar-refractivity contribution in [3.8, 4) is 0 Å². The summed E-state index contributed by atoms with van der Waals surface area (Å²) >= 11 is 0. The van der Waals surface area contributed by atoms with Crippen LogP contribution in [0, 0.1) is 0 Å². The zero-order valence-corrected chi connectivity index (χ0v) is 20.6. The van der Waals surface area contributed by atoms with Crippen LogP contribution in [-0.4, -0.2) is 48.6 Å². The van der Waals surface area contributed by atoms with Crippen LogP contribution in [0.2, 0.25) is 0 Å². The fourth-order valence-corrected chi connectivity index (χ4v) is 4.97. The van der Waals surface area contributed by atoms with Crippen LogP contribution >= 0.6 is 0 Å². The molecule has 0 spiro atoms. The molecule has 1 fully saturated rings. The first-order valence-corrected chi connectivity index (χ1v) is 12.1. The lowest BCUT2D eigenvalue weighted by Crippen LogP contribution is -2.36. The number of hydrogen-bond donors (Lipinski definition) is 1. The zero-order valence-electron chi connectivity index (χ0n) is 20.6. The lowest BCUT2D eigenvalue weighted by molar-refractivity contribution is -0.146. The highest BCUT2D eigenvalue weighted by atomic mass is 16.5. The maximum atomic E-state index is 13.8. The number of nitrogens with one attached hydrogen (secondary N) is 1. The quantitative estimate of drug-likeness (QED) is 0.599. The predicted molar refractivity (Wildman–Crippen MR) is 133 cm³/mol. The molecule has 4 rings (SSSR count). The molecule has 3 heterocycles. The summed E-state index contributed by atoms with van der Waals surface area (Å²) in [5.74, 6) is -1.59. The number of carbonyl (C=O) groups excluding carboxylic acids is 2. The smallest absolute Gasteiger partial charge is 0.337 e. The van der Waals surface area contributed by atoms with Crippen molar-refractivity contribution in [3.63, 3.8) is 0 Å². The van der Waals surface area contributed by atoms with Crippen LogP contribution in [0.3, 0.4) is 0 Å². The number of carbonyl (C=O) groups is 2. The van der Waals surface area contributed by atoms with Crippen molar-refractivity contribution in [2.75, 3.05) is 26.7 Å². The number of benzene rings is 1. The van der Waals surface area contributed by atoms with E-state index < -0.39 is 24.0 Å². The van der Waals surface area contributed by atoms with Gasteiger partial charge in [0, 0.05) is 30.3 Å². The number of piperidine rings is 1. The number of aromatic nitrogens is 1. The summed E-state index contributed by atoms with van der Waals surface area (Å²) in [5, 5.41) is 3.20. The van der Waals surface area contributed by atoms with Gasteiger partial charge >= 0.3 is 11.9 Å². The van der Waals surface area contributed by atoms with Crippen LogP contribution in [0.15, 0.2) is 77.4 Å². The molecule has 1 aromatic carbocycles. The van der Waals surface area contributed by atoms with Gasteiger partial charge in [0.1, 0.15) is 6.10 Å². The third-order valence-electron chi connectivity index (χ3n) is 6.70. The Hall–Kier alpha value is -3.45. The highest BCUT2D eigenvalue weighted by Crippen LogP contribution is 2.39. The largest absolute Gasteiger partial charge is 0.466 e. The van der Waals surface area contributed by atoms with Crippen molar-refractivity contribution in [2.45, 2.75) is 45.1 Å². The van der Waals surface area contributed by atoms with Gasteiger partial charge in [0.2, 0.25) is 0 Å². The summed E-state index contributed by atoms with van der Waals surface area (Å²) in [7, 11) is 1.34. The number of pyridine rings is 1. The molecule has 0 radical (unpaired) electrons. The molecular formula is C28H33N3O4. The van der Waals surface area contributed by atoms with Gasteiger partial charge in [0.25, 0.3) is 0 Å². The summed E-state index contributed by atoms with van der Waals surface area (Å²) in [6, 6.07) is 13.5. The van der Waals surface area contributed by atoms with E-state index in [4.69, 9.17) is 9.47 Å². The Morgan fingerprint density at radius 2 is 1.69 bits per heavy atom. The van der Waals surface area contributed by atoms with Crippen molar-refractivity contribution >= 4 is 11.9 Å². The first kappa shape index (κ1) is 24.7. The second-order valence-electron chi connectivity index (χ2n) is 9.08. The Bertz CT molecular complexity index is 1110. The third kappa shape index (κ3) is 5.62. The maximum absolute atomic E-state index is 13.8. The minimum atomic E-state index is -0.642. The molecule has 2 unspecified atom stereocenters. The van der Waals surface area contributed by atoms with Gasteiger partial charge in [-0.1, -0.05) is 42.8 Å². The summed E-state index contributed by atoms with van der Waals surface area (Å²) < 4.78 is 11.3. The van der Waals surface area contributed by atoms with Crippen LogP contribution in [0.5, 0.6) is 0 Å². The number of methoxy groups -OCH3 is 1. The molecule has 7 nitrogen and oxygen atoms in total. The highest BCUT2D eigenvalue weighted by Gasteiger charge is 2.39. The van der Waals surface area contributed by atoms with E-state index in [1.807, 2.05) is 50.2 Å². The Balaban J connectivity index is 1.69. The van der Waals surface area contributed by atoms with Gasteiger partial charge in [-0.3, -0.25) is 9.88 Å². The zero-order chi connectivity index (χ0) is 24.8. The molecule has 2 atom stereocenters. The van der Waals surface area contributed by atoms with E-state index in [2.05, 4.69) is 15.2 Å². The number of rotatable bonds is 7. The number of allylic oxidation sites excluding steroid dienone is 2. The van der Waals surface area contributed by atoms with Crippen LogP contribution in [-0.2, 0) is 19.1 Å². The molecule has 1 saturated heterocycles. The molecule has 0 bridgehead atoms. The average molecular weight is 476 g/mol. The number of hydrogen-bond acceptors (Lipinski definition) is 7. The molecule has 1 N–H and O–H groups in total. The van der Waals surface area contributed by atoms with Crippen LogP contribution < -0.4 is 5.32 Å². The maximum Gasteiger partial charge on any atom is 0.337 e. The first-order chi connectivity index (χ1) is 17.0. The van der Waals surface area contributed by atoms with Crippen molar-refractivity contribution in [1.29, 1.82) is 0 Å². The van der Waals surface area contributed by atoms with E-state index in [0.29, 0.717) is 29.1 Å². The van der Waals surface area contributed by atoms with Crippen molar-refractivity contribution in [1.82, 2.24) is 15.2 Å². The van der Waals surface area contributed by atoms with Crippen LogP contribution in [0.25, 0.3) is 0 Å². The van der Waals surface area contributed by atoms with Gasteiger partial charge in [-0.15, -0.1) is 0 Å². The molecule has 184 valence electrons. The van der Waals surface area contributed by atoms with Gasteiger partial charge in [0.15, 0.2) is 0 Å². The van der Waals surface area contributed by atoms with Gasteiger partial charge in [-0.2, -0.15) is 0 Å². The van der Waals surface area contributed by atoms with Crippen molar-refractivity contribution in [2.24, 2.45) is 0 Å². The monoisotopic (exact) mass is 475 g/mol. The molecule has 0 amide bonds. The van der Waals surface area contributed by atoms with Gasteiger partial charge in [-0.05, 0) is 57.0 Å². The minimum absolute atomic E-state index is 0.380. The predicted octanol–water partition coefficient (Wildman–Crippen LogP) is 4.26. The molecule has 7 heteroatoms. The van der Waals surface area contributed by atoms with E-state index in [1.54, 1.807) is 18.5 Å². The number of esters is 2. The van der Waals surface area contributed by atoms with E-state index in [9.17, 15) is 9.59 Å². The minimum Gasteiger partial charge on any atom is -0.466 e. The first-order valence-electron chi connectivity index (χ1n) is 12.1. The Morgan fingerprint density at radius 3 is 2.31 bits per heavy atom. The molecule has 0 saturated carbocycles. The number of ether oxygens (including phenoxy) is 2. The fraction of sp³-hybridized carbons (Fsp3) is 0.393. The summed E-state index contributed by atoms with van der Waals surface area (Å²) in [6.07, 6.45) is 6.45. The lowest BCUT2D eigenvalue weighted by Gasteiger charge is -2.33. The Morgan fingerprint density at radius 1 is 1.00 bits per heavy atom. The van der Waals surface area contributed by atoms with Gasteiger partial charge in [-0.25, -0.2) is 9.59 Å². The highest BCUT2D eigenvalue weighted by molar-refractivity contribution is 5.99. The van der Waals surface area contributed by atoms with E-state index >= 15 is 0 Å². The number of dihydropyridines is 1. The standard InChI is InChI=1S/C28H33N3O4/c1-19-24(27(32)34-3)26(22-13-10-14-29-17-22)25(20(2)30-19)28(33)35-23(21-11-6-4-7-12-21)18-31-15-8-5-9-16-31/h4,6-7,10-14,17,23,26,30H,5,8-9,15-16,18H2,1-3H3. The van der Waals surface area contributed by atoms with Crippen LogP contribution in [0.1, 0.15) is 56.3 Å². The van der Waals surface area contributed by atoms with Crippen molar-refractivity contribution in [3.05, 3.63) is 88.5 Å². The summed E-state index contributed by atoms with van der Waals surface area (Å²) in [5.41, 5.74) is 3.75. The van der Waals surface area contributed by atoms with Gasteiger partial charge < -0.3 is 14.8 Å². The fourth-order valence-electron chi connectivity index (χ4n) is 4.97. The molecule has 2 aliphatic heterocycles. The molecule has 0 aliphatic carbocycles. The average Bonchev–Trinajstić information content (AvgIpc) is 2.89. The molecule has 35 heavy (non-hydrogen) atoms. The lowest BCUT2D eigenvalue weighted by atomic mass is 9.81. The third-order valence-corrected chi connectivity index (χ3v) is 6.70. The number of nitrogens with zero attached hydrogens (tertiary/aromatic N) is 2. The SMILES string of the molecule is COC(=O)C1=C(C)NC(C)=C(C(=O)OC(CN2CCCCC2)c2ccccc2)C1c1cccnc1. The molecular weight excluding hydrogens is 442 g/mol. The Kier molecular flexibility index (Phi) is 7.98. The Labute approximate surface area is 206 Å². The second kappa shape index (κ2) is 11.3. The van der Waals surface area contributed by atoms with Crippen LogP contribution in [0.4, 0.5) is 0 Å². The molecule has 2 aliphatic rings.